The van der Waals surface area contributed by atoms with E-state index in [2.05, 4.69) is 43.1 Å². The summed E-state index contributed by atoms with van der Waals surface area (Å²) in [6.07, 6.45) is 5.64. The van der Waals surface area contributed by atoms with Crippen molar-refractivity contribution in [3.8, 4) is 0 Å². The second-order valence-electron chi connectivity index (χ2n) is 5.99. The van der Waals surface area contributed by atoms with Crippen molar-refractivity contribution in [3.05, 3.63) is 47.5 Å². The van der Waals surface area contributed by atoms with Crippen LogP contribution in [-0.2, 0) is 11.3 Å². The lowest BCUT2D eigenvalue weighted by atomic mass is 10.0. The van der Waals surface area contributed by atoms with Gasteiger partial charge in [-0.15, -0.1) is 0 Å². The summed E-state index contributed by atoms with van der Waals surface area (Å²) in [7, 11) is 2.15. The minimum absolute atomic E-state index is 0.132. The number of carbonyl (C=O) groups excluding carboxylic acids is 1. The monoisotopic (exact) mass is 286 g/mol. The molecule has 1 aromatic carbocycles. The number of piperidine rings is 1. The highest BCUT2D eigenvalue weighted by atomic mass is 16.2. The molecular formula is C18H26N2O. The molecule has 1 amide bonds. The van der Waals surface area contributed by atoms with E-state index in [-0.39, 0.29) is 5.91 Å². The van der Waals surface area contributed by atoms with Gasteiger partial charge in [0.2, 0.25) is 5.91 Å². The molecule has 0 unspecified atom stereocenters. The molecule has 0 N–H and O–H groups in total. The molecule has 3 nitrogen and oxygen atoms in total. The highest BCUT2D eigenvalue weighted by Crippen LogP contribution is 2.19. The van der Waals surface area contributed by atoms with Crippen LogP contribution in [0.4, 0.5) is 0 Å². The Morgan fingerprint density at radius 3 is 2.48 bits per heavy atom. The van der Waals surface area contributed by atoms with Gasteiger partial charge in [0.15, 0.2) is 0 Å². The maximum atomic E-state index is 12.4. The van der Waals surface area contributed by atoms with E-state index in [0.717, 1.165) is 25.9 Å². The number of carbonyl (C=O) groups is 1. The van der Waals surface area contributed by atoms with Gasteiger partial charge in [0.25, 0.3) is 0 Å². The summed E-state index contributed by atoms with van der Waals surface area (Å²) in [4.78, 5) is 16.8. The van der Waals surface area contributed by atoms with Crippen molar-refractivity contribution in [2.45, 2.75) is 39.3 Å². The number of rotatable bonds is 4. The van der Waals surface area contributed by atoms with Crippen LogP contribution in [0.1, 0.15) is 30.9 Å². The highest BCUT2D eigenvalue weighted by Gasteiger charge is 2.25. The summed E-state index contributed by atoms with van der Waals surface area (Å²) in [5.74, 6) is 0.132. The molecule has 2 rings (SSSR count). The molecule has 21 heavy (non-hydrogen) atoms. The van der Waals surface area contributed by atoms with E-state index in [1.165, 1.54) is 11.1 Å². The van der Waals surface area contributed by atoms with Gasteiger partial charge in [-0.1, -0.05) is 35.9 Å². The zero-order chi connectivity index (χ0) is 15.2. The number of amides is 1. The fourth-order valence-electron chi connectivity index (χ4n) is 2.82. The number of benzene rings is 1. The molecule has 0 radical (unpaired) electrons. The largest absolute Gasteiger partial charge is 0.332 e. The molecule has 1 fully saturated rings. The van der Waals surface area contributed by atoms with Gasteiger partial charge in [-0.2, -0.15) is 0 Å². The number of hydrogen-bond donors (Lipinski definition) is 0. The Bertz CT molecular complexity index is 484. The van der Waals surface area contributed by atoms with E-state index in [1.807, 2.05) is 17.9 Å². The Kier molecular flexibility index (Phi) is 5.57. The third kappa shape index (κ3) is 4.43. The quantitative estimate of drug-likeness (QED) is 0.794. The second kappa shape index (κ2) is 7.41. The molecular weight excluding hydrogens is 260 g/mol. The van der Waals surface area contributed by atoms with Gasteiger partial charge in [0.1, 0.15) is 0 Å². The first-order valence-corrected chi connectivity index (χ1v) is 7.77. The maximum absolute atomic E-state index is 12.4. The van der Waals surface area contributed by atoms with E-state index in [0.29, 0.717) is 12.6 Å². The van der Waals surface area contributed by atoms with Gasteiger partial charge in [0.05, 0.1) is 0 Å². The third-order valence-corrected chi connectivity index (χ3v) is 4.19. The van der Waals surface area contributed by atoms with Gasteiger partial charge >= 0.3 is 0 Å². The Morgan fingerprint density at radius 1 is 1.29 bits per heavy atom. The summed E-state index contributed by atoms with van der Waals surface area (Å²) in [5, 5.41) is 0. The van der Waals surface area contributed by atoms with Gasteiger partial charge in [-0.25, -0.2) is 0 Å². The minimum atomic E-state index is 0.132. The topological polar surface area (TPSA) is 23.6 Å². The average Bonchev–Trinajstić information content (AvgIpc) is 2.48. The smallest absolute Gasteiger partial charge is 0.246 e. The van der Waals surface area contributed by atoms with Crippen molar-refractivity contribution < 1.29 is 4.79 Å². The summed E-state index contributed by atoms with van der Waals surface area (Å²) < 4.78 is 0. The van der Waals surface area contributed by atoms with Crippen LogP contribution in [0.15, 0.2) is 36.4 Å². The molecule has 0 spiro atoms. The predicted octanol–water partition coefficient (Wildman–Crippen LogP) is 2.99. The standard InChI is InChI=1S/C18H26N2O/c1-4-5-18(21)20(17-10-12-19(3)13-11-17)14-16-8-6-15(2)7-9-16/h4-9,17H,10-14H2,1-3H3. The number of likely N-dealkylation sites (tertiary alicyclic amines) is 1. The number of hydrogen-bond acceptors (Lipinski definition) is 2. The van der Waals surface area contributed by atoms with E-state index in [1.54, 1.807) is 6.08 Å². The molecule has 0 aromatic heterocycles. The Morgan fingerprint density at radius 2 is 1.90 bits per heavy atom. The van der Waals surface area contributed by atoms with Crippen molar-refractivity contribution in [1.82, 2.24) is 9.80 Å². The first-order valence-electron chi connectivity index (χ1n) is 7.77. The van der Waals surface area contributed by atoms with Crippen LogP contribution in [0.25, 0.3) is 0 Å². The first-order chi connectivity index (χ1) is 10.1. The molecule has 0 bridgehead atoms. The van der Waals surface area contributed by atoms with Crippen molar-refractivity contribution in [2.75, 3.05) is 20.1 Å². The summed E-state index contributed by atoms with van der Waals surface area (Å²) >= 11 is 0. The van der Waals surface area contributed by atoms with Crippen molar-refractivity contribution >= 4 is 5.91 Å². The number of aryl methyl sites for hydroxylation is 1. The molecule has 3 heteroatoms. The average molecular weight is 286 g/mol. The fourth-order valence-corrected chi connectivity index (χ4v) is 2.82. The van der Waals surface area contributed by atoms with Crippen molar-refractivity contribution in [1.29, 1.82) is 0 Å². The SMILES string of the molecule is CC=CC(=O)N(Cc1ccc(C)cc1)C1CCN(C)CC1. The maximum Gasteiger partial charge on any atom is 0.246 e. The van der Waals surface area contributed by atoms with Gasteiger partial charge < -0.3 is 9.80 Å². The van der Waals surface area contributed by atoms with Crippen LogP contribution in [0, 0.1) is 6.92 Å². The van der Waals surface area contributed by atoms with Crippen LogP contribution in [-0.4, -0.2) is 41.9 Å². The van der Waals surface area contributed by atoms with Crippen molar-refractivity contribution in [3.63, 3.8) is 0 Å². The third-order valence-electron chi connectivity index (χ3n) is 4.19. The van der Waals surface area contributed by atoms with Gasteiger partial charge in [-0.3, -0.25) is 4.79 Å². The molecule has 0 saturated carbocycles. The molecule has 1 aliphatic rings. The first kappa shape index (κ1) is 15.8. The van der Waals surface area contributed by atoms with E-state index in [9.17, 15) is 4.79 Å². The fraction of sp³-hybridized carbons (Fsp3) is 0.500. The minimum Gasteiger partial charge on any atom is -0.332 e. The van der Waals surface area contributed by atoms with Crippen LogP contribution < -0.4 is 0 Å². The second-order valence-corrected chi connectivity index (χ2v) is 5.99. The van der Waals surface area contributed by atoms with E-state index < -0.39 is 0 Å². The Balaban J connectivity index is 2.11. The number of allylic oxidation sites excluding steroid dienone is 1. The molecule has 0 atom stereocenters. The van der Waals surface area contributed by atoms with Crippen molar-refractivity contribution in [2.24, 2.45) is 0 Å². The summed E-state index contributed by atoms with van der Waals surface area (Å²) in [5.41, 5.74) is 2.46. The molecule has 1 aliphatic heterocycles. The van der Waals surface area contributed by atoms with Crippen LogP contribution in [0.3, 0.4) is 0 Å². The Labute approximate surface area is 128 Å². The normalized spacial score (nSPS) is 17.3. The van der Waals surface area contributed by atoms with Crippen LogP contribution in [0.2, 0.25) is 0 Å². The van der Waals surface area contributed by atoms with Gasteiger partial charge in [0, 0.05) is 12.6 Å². The molecule has 1 aromatic rings. The Hall–Kier alpha value is -1.61. The lowest BCUT2D eigenvalue weighted by Crippen LogP contribution is -2.45. The van der Waals surface area contributed by atoms with Crippen LogP contribution in [0.5, 0.6) is 0 Å². The lowest BCUT2D eigenvalue weighted by Gasteiger charge is -2.37. The van der Waals surface area contributed by atoms with E-state index in [4.69, 9.17) is 0 Å². The summed E-state index contributed by atoms with van der Waals surface area (Å²) in [6.45, 7) is 6.83. The van der Waals surface area contributed by atoms with Gasteiger partial charge in [-0.05, 0) is 58.5 Å². The highest BCUT2D eigenvalue weighted by molar-refractivity contribution is 5.87. The number of nitrogens with zero attached hydrogens (tertiary/aromatic N) is 2. The summed E-state index contributed by atoms with van der Waals surface area (Å²) in [6, 6.07) is 8.83. The zero-order valence-corrected chi connectivity index (χ0v) is 13.4. The molecule has 0 aliphatic carbocycles. The predicted molar refractivity (Wildman–Crippen MR) is 87.1 cm³/mol. The lowest BCUT2D eigenvalue weighted by molar-refractivity contribution is -0.129. The van der Waals surface area contributed by atoms with E-state index >= 15 is 0 Å². The molecule has 114 valence electrons. The molecule has 1 heterocycles. The molecule has 1 saturated heterocycles. The van der Waals surface area contributed by atoms with Crippen LogP contribution >= 0.6 is 0 Å². The zero-order valence-electron chi connectivity index (χ0n) is 13.4.